The van der Waals surface area contributed by atoms with Gasteiger partial charge in [-0.3, -0.25) is 0 Å². The van der Waals surface area contributed by atoms with Crippen LogP contribution in [0.5, 0.6) is 0 Å². The summed E-state index contributed by atoms with van der Waals surface area (Å²) < 4.78 is 0.693. The molecule has 3 nitrogen and oxygen atoms in total. The Hall–Kier alpha value is -1.34. The van der Waals surface area contributed by atoms with Gasteiger partial charge in [0, 0.05) is 12.1 Å². The summed E-state index contributed by atoms with van der Waals surface area (Å²) in [6.07, 6.45) is 1.55. The van der Waals surface area contributed by atoms with Gasteiger partial charge in [0.25, 0.3) is 0 Å². The van der Waals surface area contributed by atoms with Crippen molar-refractivity contribution in [3.63, 3.8) is 0 Å². The molecule has 1 rings (SSSR count). The molecule has 12 heavy (non-hydrogen) atoms. The maximum atomic E-state index is 10.1. The molecular weight excluding hydrogens is 222 g/mol. The molecule has 0 aliphatic carbocycles. The van der Waals surface area contributed by atoms with Crippen molar-refractivity contribution in [3.05, 3.63) is 28.5 Å². The predicted molar refractivity (Wildman–Crippen MR) is 46.5 cm³/mol. The lowest BCUT2D eigenvalue weighted by atomic mass is 10.3. The van der Waals surface area contributed by atoms with Crippen LogP contribution in [0.15, 0.2) is 22.8 Å². The van der Waals surface area contributed by atoms with Crippen LogP contribution < -0.4 is 0 Å². The van der Waals surface area contributed by atoms with Gasteiger partial charge in [-0.15, -0.1) is 0 Å². The van der Waals surface area contributed by atoms with Crippen molar-refractivity contribution < 1.29 is 9.90 Å². The van der Waals surface area contributed by atoms with Gasteiger partial charge in [0.2, 0.25) is 0 Å². The number of rotatable bonds is 0. The average Bonchev–Trinajstić information content (AvgIpc) is 2.03. The molecule has 0 unspecified atom stereocenters. The van der Waals surface area contributed by atoms with Crippen molar-refractivity contribution in [2.24, 2.45) is 0 Å². The monoisotopic (exact) mass is 225 g/mol. The summed E-state index contributed by atoms with van der Waals surface area (Å²) in [5.74, 6) is 3.22. The molecule has 0 aromatic carbocycles. The summed E-state index contributed by atoms with van der Waals surface area (Å²) in [6, 6.07) is 3.48. The molecule has 0 spiro atoms. The fourth-order valence-electron chi connectivity index (χ4n) is 0.590. The minimum atomic E-state index is -1.16. The molecule has 0 saturated carbocycles. The number of hydrogen-bond acceptors (Lipinski definition) is 2. The zero-order valence-corrected chi connectivity index (χ0v) is 7.50. The van der Waals surface area contributed by atoms with E-state index < -0.39 is 5.97 Å². The molecule has 60 valence electrons. The molecule has 1 heterocycles. The third-order valence-electron chi connectivity index (χ3n) is 1.05. The molecular formula is C8H4BrNO2. The quantitative estimate of drug-likeness (QED) is 0.678. The van der Waals surface area contributed by atoms with Gasteiger partial charge >= 0.3 is 5.97 Å². The number of aliphatic carboxylic acids is 1. The van der Waals surface area contributed by atoms with E-state index in [0.29, 0.717) is 10.2 Å². The van der Waals surface area contributed by atoms with Crippen LogP contribution in [-0.4, -0.2) is 16.1 Å². The van der Waals surface area contributed by atoms with E-state index in [1.807, 2.05) is 5.92 Å². The minimum absolute atomic E-state index is 0.430. The Morgan fingerprint density at radius 2 is 2.42 bits per heavy atom. The number of pyridine rings is 1. The van der Waals surface area contributed by atoms with Crippen LogP contribution >= 0.6 is 15.9 Å². The van der Waals surface area contributed by atoms with E-state index >= 15 is 0 Å². The number of nitrogens with zero attached hydrogens (tertiary/aromatic N) is 1. The molecule has 0 aliphatic heterocycles. The van der Waals surface area contributed by atoms with Crippen molar-refractivity contribution >= 4 is 21.9 Å². The van der Waals surface area contributed by atoms with Crippen LogP contribution in [-0.2, 0) is 4.79 Å². The summed E-state index contributed by atoms with van der Waals surface area (Å²) >= 11 is 3.19. The molecule has 0 fully saturated rings. The fourth-order valence-corrected chi connectivity index (χ4v) is 0.944. The van der Waals surface area contributed by atoms with Crippen LogP contribution in [0.25, 0.3) is 0 Å². The first-order valence-corrected chi connectivity index (χ1v) is 3.85. The number of halogens is 1. The van der Waals surface area contributed by atoms with E-state index in [9.17, 15) is 4.79 Å². The van der Waals surface area contributed by atoms with Crippen molar-refractivity contribution in [1.82, 2.24) is 4.98 Å². The smallest absolute Gasteiger partial charge is 0.382 e. The van der Waals surface area contributed by atoms with Gasteiger partial charge in [-0.2, -0.15) is 0 Å². The molecule has 0 radical (unpaired) electrons. The second kappa shape index (κ2) is 3.88. The van der Waals surface area contributed by atoms with E-state index in [-0.39, 0.29) is 0 Å². The number of hydrogen-bond donors (Lipinski definition) is 1. The first-order valence-electron chi connectivity index (χ1n) is 3.05. The molecule has 0 bridgehead atoms. The second-order valence-electron chi connectivity index (χ2n) is 1.89. The summed E-state index contributed by atoms with van der Waals surface area (Å²) in [5, 5.41) is 8.25. The third-order valence-corrected chi connectivity index (χ3v) is 1.69. The molecule has 0 saturated heterocycles. The minimum Gasteiger partial charge on any atom is -0.472 e. The first kappa shape index (κ1) is 8.75. The van der Waals surface area contributed by atoms with Crippen molar-refractivity contribution in [2.45, 2.75) is 0 Å². The van der Waals surface area contributed by atoms with Crippen LogP contribution in [0, 0.1) is 11.8 Å². The Labute approximate surface area is 77.6 Å². The Kier molecular flexibility index (Phi) is 2.83. The third kappa shape index (κ3) is 2.36. The van der Waals surface area contributed by atoms with E-state index in [0.717, 1.165) is 0 Å². The van der Waals surface area contributed by atoms with Crippen LogP contribution in [0.4, 0.5) is 0 Å². The van der Waals surface area contributed by atoms with Gasteiger partial charge in [0.15, 0.2) is 0 Å². The Bertz CT molecular complexity index is 365. The Balaban J connectivity index is 2.99. The topological polar surface area (TPSA) is 50.2 Å². The van der Waals surface area contributed by atoms with Crippen molar-refractivity contribution in [2.75, 3.05) is 0 Å². The molecule has 1 aromatic rings. The second-order valence-corrected chi connectivity index (χ2v) is 2.74. The van der Waals surface area contributed by atoms with Crippen molar-refractivity contribution in [3.8, 4) is 11.8 Å². The van der Waals surface area contributed by atoms with E-state index in [1.165, 1.54) is 0 Å². The van der Waals surface area contributed by atoms with E-state index in [2.05, 4.69) is 26.8 Å². The van der Waals surface area contributed by atoms with Gasteiger partial charge in [-0.05, 0) is 34.0 Å². The van der Waals surface area contributed by atoms with Gasteiger partial charge < -0.3 is 5.11 Å². The summed E-state index contributed by atoms with van der Waals surface area (Å²) in [7, 11) is 0. The van der Waals surface area contributed by atoms with E-state index in [4.69, 9.17) is 5.11 Å². The number of carboxylic acid groups (broad SMARTS) is 1. The molecule has 1 N–H and O–H groups in total. The zero-order valence-electron chi connectivity index (χ0n) is 5.91. The molecule has 0 amide bonds. The van der Waals surface area contributed by atoms with Crippen LogP contribution in [0.1, 0.15) is 5.69 Å². The number of aromatic nitrogens is 1. The lowest BCUT2D eigenvalue weighted by molar-refractivity contribution is -0.130. The SMILES string of the molecule is O=C(O)C#Cc1ncccc1Br. The van der Waals surface area contributed by atoms with Crippen LogP contribution in [0.3, 0.4) is 0 Å². The van der Waals surface area contributed by atoms with Gasteiger partial charge in [0.05, 0.1) is 4.47 Å². The lowest BCUT2D eigenvalue weighted by Crippen LogP contribution is -1.89. The maximum absolute atomic E-state index is 10.1. The summed E-state index contributed by atoms with van der Waals surface area (Å²) in [5.41, 5.74) is 0.430. The largest absolute Gasteiger partial charge is 0.472 e. The number of carbonyl (C=O) groups is 1. The highest BCUT2D eigenvalue weighted by molar-refractivity contribution is 9.10. The fraction of sp³-hybridized carbons (Fsp3) is 0. The van der Waals surface area contributed by atoms with Crippen molar-refractivity contribution in [1.29, 1.82) is 0 Å². The highest BCUT2D eigenvalue weighted by Crippen LogP contribution is 2.11. The molecule has 4 heteroatoms. The number of carboxylic acids is 1. The zero-order chi connectivity index (χ0) is 8.97. The standard InChI is InChI=1S/C8H4BrNO2/c9-6-2-1-5-10-7(6)3-4-8(11)12/h1-2,5H,(H,11,12). The van der Waals surface area contributed by atoms with E-state index in [1.54, 1.807) is 18.3 Å². The molecule has 0 atom stereocenters. The summed E-state index contributed by atoms with van der Waals surface area (Å²) in [4.78, 5) is 13.9. The molecule has 0 aliphatic rings. The lowest BCUT2D eigenvalue weighted by Gasteiger charge is -1.90. The van der Waals surface area contributed by atoms with Gasteiger partial charge in [0.1, 0.15) is 5.69 Å². The molecule has 1 aromatic heterocycles. The highest BCUT2D eigenvalue weighted by Gasteiger charge is 1.94. The van der Waals surface area contributed by atoms with Gasteiger partial charge in [-0.1, -0.05) is 0 Å². The maximum Gasteiger partial charge on any atom is 0.382 e. The predicted octanol–water partition coefficient (Wildman–Crippen LogP) is 1.28. The average molecular weight is 226 g/mol. The highest BCUT2D eigenvalue weighted by atomic mass is 79.9. The normalized spacial score (nSPS) is 8.42. The van der Waals surface area contributed by atoms with Crippen LogP contribution in [0.2, 0.25) is 0 Å². The van der Waals surface area contributed by atoms with Gasteiger partial charge in [-0.25, -0.2) is 9.78 Å². The first-order chi connectivity index (χ1) is 5.70. The Morgan fingerprint density at radius 1 is 1.67 bits per heavy atom. The Morgan fingerprint density at radius 3 is 3.00 bits per heavy atom. The summed E-state index contributed by atoms with van der Waals surface area (Å²) in [6.45, 7) is 0.